The summed E-state index contributed by atoms with van der Waals surface area (Å²) < 4.78 is 0. The number of carboxylic acids is 1. The van der Waals surface area contributed by atoms with Crippen molar-refractivity contribution < 1.29 is 19.8 Å². The first kappa shape index (κ1) is 11.3. The van der Waals surface area contributed by atoms with Crippen molar-refractivity contribution >= 4 is 17.8 Å². The topological polar surface area (TPSA) is 145 Å². The molecule has 0 aliphatic carbocycles. The van der Waals surface area contributed by atoms with E-state index in [0.717, 1.165) is 4.90 Å². The minimum atomic E-state index is -1.16. The van der Waals surface area contributed by atoms with Gasteiger partial charge in [-0.3, -0.25) is 9.89 Å². The Bertz CT molecular complexity index is 459. The van der Waals surface area contributed by atoms with Gasteiger partial charge in [0.25, 0.3) is 5.91 Å². The molecule has 0 spiro atoms. The first-order chi connectivity index (χ1) is 7.99. The van der Waals surface area contributed by atoms with Gasteiger partial charge in [-0.15, -0.1) is 5.10 Å². The zero-order valence-corrected chi connectivity index (χ0v) is 8.70. The molecule has 92 valence electrons. The van der Waals surface area contributed by atoms with E-state index in [0.29, 0.717) is 0 Å². The molecule has 17 heavy (non-hydrogen) atoms. The number of carbonyl (C=O) groups excluding carboxylic acids is 1. The number of aromatic nitrogens is 3. The Hall–Kier alpha value is -2.16. The van der Waals surface area contributed by atoms with Crippen LogP contribution in [0.1, 0.15) is 17.0 Å². The van der Waals surface area contributed by atoms with E-state index in [2.05, 4.69) is 15.2 Å². The number of nitrogens with zero attached hydrogens (tertiary/aromatic N) is 3. The summed E-state index contributed by atoms with van der Waals surface area (Å²) in [7, 11) is 0. The zero-order chi connectivity index (χ0) is 12.6. The normalized spacial score (nSPS) is 23.9. The van der Waals surface area contributed by atoms with Gasteiger partial charge < -0.3 is 20.8 Å². The monoisotopic (exact) mass is 241 g/mol. The fourth-order valence-electron chi connectivity index (χ4n) is 1.78. The minimum Gasteiger partial charge on any atom is -0.480 e. The molecule has 9 nitrogen and oxygen atoms in total. The second-order valence-electron chi connectivity index (χ2n) is 3.74. The molecule has 1 fully saturated rings. The van der Waals surface area contributed by atoms with Crippen LogP contribution in [0.3, 0.4) is 0 Å². The molecule has 1 amide bonds. The van der Waals surface area contributed by atoms with Crippen molar-refractivity contribution in [2.75, 3.05) is 12.3 Å². The first-order valence-electron chi connectivity index (χ1n) is 4.88. The molecule has 2 heterocycles. The lowest BCUT2D eigenvalue weighted by Gasteiger charge is -2.19. The first-order valence-corrected chi connectivity index (χ1v) is 4.88. The Morgan fingerprint density at radius 1 is 1.53 bits per heavy atom. The van der Waals surface area contributed by atoms with Gasteiger partial charge in [0.1, 0.15) is 6.04 Å². The summed E-state index contributed by atoms with van der Waals surface area (Å²) >= 11 is 0. The predicted octanol–water partition coefficient (Wildman–Crippen LogP) is -1.95. The van der Waals surface area contributed by atoms with Crippen LogP contribution in [0.2, 0.25) is 0 Å². The standard InChI is InChI=1S/C8H11N5O4/c9-8-10-5(11-12-8)6(15)13-2-3(14)1-4(13)7(16)17/h3-4,14H,1-2H2,(H,16,17)(H3,9,10,11,12)/t3-,4-/m0/s1. The quantitative estimate of drug-likeness (QED) is 0.470. The van der Waals surface area contributed by atoms with Crippen molar-refractivity contribution in [3.8, 4) is 0 Å². The van der Waals surface area contributed by atoms with Gasteiger partial charge in [-0.05, 0) is 0 Å². The highest BCUT2D eigenvalue weighted by Crippen LogP contribution is 2.19. The fraction of sp³-hybridized carbons (Fsp3) is 0.500. The number of aliphatic hydroxyl groups excluding tert-OH is 1. The molecule has 2 rings (SSSR count). The maximum absolute atomic E-state index is 11.9. The number of hydrogen-bond donors (Lipinski definition) is 4. The molecular formula is C8H11N5O4. The highest BCUT2D eigenvalue weighted by atomic mass is 16.4. The van der Waals surface area contributed by atoms with Crippen LogP contribution < -0.4 is 5.73 Å². The number of amides is 1. The van der Waals surface area contributed by atoms with Crippen LogP contribution in [0.5, 0.6) is 0 Å². The van der Waals surface area contributed by atoms with Crippen LogP contribution in [-0.2, 0) is 4.79 Å². The van der Waals surface area contributed by atoms with Gasteiger partial charge in [0.2, 0.25) is 11.8 Å². The van der Waals surface area contributed by atoms with Crippen molar-refractivity contribution in [3.63, 3.8) is 0 Å². The molecule has 0 radical (unpaired) electrons. The Balaban J connectivity index is 2.21. The number of nitrogens with one attached hydrogen (secondary N) is 1. The van der Waals surface area contributed by atoms with Crippen LogP contribution in [0.25, 0.3) is 0 Å². The zero-order valence-electron chi connectivity index (χ0n) is 8.70. The number of rotatable bonds is 2. The number of aliphatic hydroxyl groups is 1. The average molecular weight is 241 g/mol. The number of nitrogen functional groups attached to an aromatic ring is 1. The molecule has 9 heteroatoms. The van der Waals surface area contributed by atoms with E-state index in [1.165, 1.54) is 0 Å². The Labute approximate surface area is 95.2 Å². The molecule has 1 aromatic rings. The van der Waals surface area contributed by atoms with Crippen LogP contribution in [0.15, 0.2) is 0 Å². The molecule has 1 saturated heterocycles. The minimum absolute atomic E-state index is 0.00466. The molecule has 0 unspecified atom stereocenters. The van der Waals surface area contributed by atoms with E-state index < -0.39 is 24.0 Å². The van der Waals surface area contributed by atoms with Crippen LogP contribution in [-0.4, -0.2) is 60.9 Å². The van der Waals surface area contributed by atoms with Crippen molar-refractivity contribution in [1.82, 2.24) is 20.1 Å². The molecule has 1 aromatic heterocycles. The lowest BCUT2D eigenvalue weighted by atomic mass is 10.2. The molecule has 1 aliphatic rings. The predicted molar refractivity (Wildman–Crippen MR) is 53.9 cm³/mol. The van der Waals surface area contributed by atoms with Gasteiger partial charge in [-0.1, -0.05) is 0 Å². The van der Waals surface area contributed by atoms with E-state index in [-0.39, 0.29) is 24.7 Å². The lowest BCUT2D eigenvalue weighted by Crippen LogP contribution is -2.41. The molecule has 2 atom stereocenters. The fourth-order valence-corrected chi connectivity index (χ4v) is 1.78. The number of carbonyl (C=O) groups is 2. The summed E-state index contributed by atoms with van der Waals surface area (Å²) in [6.45, 7) is -0.0452. The van der Waals surface area contributed by atoms with Crippen LogP contribution in [0.4, 0.5) is 5.95 Å². The summed E-state index contributed by atoms with van der Waals surface area (Å²) in [5.74, 6) is -2.04. The van der Waals surface area contributed by atoms with Crippen LogP contribution in [0, 0.1) is 0 Å². The van der Waals surface area contributed by atoms with Crippen molar-refractivity contribution in [3.05, 3.63) is 5.82 Å². The molecule has 0 saturated carbocycles. The van der Waals surface area contributed by atoms with E-state index in [4.69, 9.17) is 10.8 Å². The summed E-state index contributed by atoms with van der Waals surface area (Å²) in [6, 6.07) is -1.05. The number of anilines is 1. The number of aromatic amines is 1. The second-order valence-corrected chi connectivity index (χ2v) is 3.74. The number of aliphatic carboxylic acids is 1. The van der Waals surface area contributed by atoms with Crippen molar-refractivity contribution in [2.24, 2.45) is 0 Å². The maximum Gasteiger partial charge on any atom is 0.326 e. The number of likely N-dealkylation sites (tertiary alicyclic amines) is 1. The largest absolute Gasteiger partial charge is 0.480 e. The molecule has 0 bridgehead atoms. The Kier molecular flexibility index (Phi) is 2.68. The number of carboxylic acid groups (broad SMARTS) is 1. The van der Waals surface area contributed by atoms with E-state index in [1.54, 1.807) is 0 Å². The molecule has 1 aliphatic heterocycles. The van der Waals surface area contributed by atoms with Gasteiger partial charge in [0.05, 0.1) is 6.10 Å². The second kappa shape index (κ2) is 4.01. The van der Waals surface area contributed by atoms with E-state index in [1.807, 2.05) is 0 Å². The maximum atomic E-state index is 11.9. The summed E-state index contributed by atoms with van der Waals surface area (Å²) in [4.78, 5) is 27.5. The summed E-state index contributed by atoms with van der Waals surface area (Å²) in [6.07, 6.45) is -0.842. The number of hydrogen-bond acceptors (Lipinski definition) is 6. The highest BCUT2D eigenvalue weighted by Gasteiger charge is 2.40. The van der Waals surface area contributed by atoms with Crippen molar-refractivity contribution in [1.29, 1.82) is 0 Å². The SMILES string of the molecule is Nc1n[nH]c(C(=O)N2C[C@@H](O)C[C@H]2C(=O)O)n1. The van der Waals surface area contributed by atoms with Crippen molar-refractivity contribution in [2.45, 2.75) is 18.6 Å². The third-order valence-corrected chi connectivity index (χ3v) is 2.53. The third kappa shape index (κ3) is 2.04. The summed E-state index contributed by atoms with van der Waals surface area (Å²) in [5.41, 5.74) is 5.25. The average Bonchev–Trinajstić information content (AvgIpc) is 2.83. The molecular weight excluding hydrogens is 230 g/mol. The van der Waals surface area contributed by atoms with Gasteiger partial charge in [0, 0.05) is 13.0 Å². The van der Waals surface area contributed by atoms with Gasteiger partial charge in [-0.25, -0.2) is 4.79 Å². The highest BCUT2D eigenvalue weighted by molar-refractivity contribution is 5.94. The number of H-pyrrole nitrogens is 1. The lowest BCUT2D eigenvalue weighted by molar-refractivity contribution is -0.141. The molecule has 0 aromatic carbocycles. The van der Waals surface area contributed by atoms with E-state index in [9.17, 15) is 14.7 Å². The number of β-amino-alcohol motifs (C(OH)–C–C–N with tert-alkyl or cyclic N) is 1. The van der Waals surface area contributed by atoms with Gasteiger partial charge in [-0.2, -0.15) is 4.98 Å². The summed E-state index contributed by atoms with van der Waals surface area (Å²) in [5, 5.41) is 24.1. The Morgan fingerprint density at radius 2 is 2.24 bits per heavy atom. The van der Waals surface area contributed by atoms with Crippen LogP contribution >= 0.6 is 0 Å². The number of nitrogens with two attached hydrogens (primary N) is 1. The van der Waals surface area contributed by atoms with E-state index >= 15 is 0 Å². The Morgan fingerprint density at radius 3 is 2.76 bits per heavy atom. The third-order valence-electron chi connectivity index (χ3n) is 2.53. The smallest absolute Gasteiger partial charge is 0.326 e. The van der Waals surface area contributed by atoms with Gasteiger partial charge in [0.15, 0.2) is 0 Å². The molecule has 5 N–H and O–H groups in total. The van der Waals surface area contributed by atoms with Gasteiger partial charge >= 0.3 is 5.97 Å².